The minimum Gasteiger partial charge on any atom is -0.396 e. The van der Waals surface area contributed by atoms with Gasteiger partial charge in [0.1, 0.15) is 0 Å². The predicted octanol–water partition coefficient (Wildman–Crippen LogP) is -0.873. The van der Waals surface area contributed by atoms with E-state index in [4.69, 9.17) is 14.9 Å². The summed E-state index contributed by atoms with van der Waals surface area (Å²) in [5.41, 5.74) is -0.749. The van der Waals surface area contributed by atoms with Gasteiger partial charge in [-0.05, 0) is 6.42 Å². The Labute approximate surface area is 71.8 Å². The molecule has 1 rings (SSSR count). The molecule has 72 valence electrons. The molecule has 1 aliphatic carbocycles. The lowest BCUT2D eigenvalue weighted by molar-refractivity contribution is -0.0326. The molecule has 0 heterocycles. The number of methoxy groups -OCH3 is 1. The van der Waals surface area contributed by atoms with Crippen molar-refractivity contribution in [2.24, 2.45) is 5.41 Å². The zero-order chi connectivity index (χ0) is 9.19. The minimum atomic E-state index is -0.749. The number of aliphatic hydroxyl groups is 3. The summed E-state index contributed by atoms with van der Waals surface area (Å²) in [6.45, 7) is -0.380. The second kappa shape index (κ2) is 3.70. The van der Waals surface area contributed by atoms with Crippen LogP contribution in [0.4, 0.5) is 0 Å². The van der Waals surface area contributed by atoms with Crippen LogP contribution in [0, 0.1) is 5.41 Å². The third-order valence-electron chi connectivity index (χ3n) is 2.79. The molecule has 12 heavy (non-hydrogen) atoms. The molecule has 2 unspecified atom stereocenters. The molecule has 0 spiro atoms. The van der Waals surface area contributed by atoms with E-state index in [1.54, 1.807) is 7.11 Å². The van der Waals surface area contributed by atoms with Crippen molar-refractivity contribution in [3.8, 4) is 0 Å². The zero-order valence-electron chi connectivity index (χ0n) is 7.23. The molecule has 1 aliphatic rings. The van der Waals surface area contributed by atoms with Crippen LogP contribution in [0.15, 0.2) is 0 Å². The highest BCUT2D eigenvalue weighted by Gasteiger charge is 2.46. The minimum absolute atomic E-state index is 0.0423. The van der Waals surface area contributed by atoms with Crippen LogP contribution in [0.5, 0.6) is 0 Å². The lowest BCUT2D eigenvalue weighted by Crippen LogP contribution is -2.37. The van der Waals surface area contributed by atoms with Crippen LogP contribution in [0.2, 0.25) is 0 Å². The highest BCUT2D eigenvalue weighted by molar-refractivity contribution is 4.96. The fourth-order valence-corrected chi connectivity index (χ4v) is 1.74. The van der Waals surface area contributed by atoms with Gasteiger partial charge in [0.05, 0.1) is 25.4 Å². The quantitative estimate of drug-likeness (QED) is 0.522. The van der Waals surface area contributed by atoms with Gasteiger partial charge in [0.2, 0.25) is 0 Å². The first-order valence-corrected chi connectivity index (χ1v) is 4.11. The van der Waals surface area contributed by atoms with Crippen molar-refractivity contribution in [2.75, 3.05) is 20.3 Å². The highest BCUT2D eigenvalue weighted by atomic mass is 16.5. The van der Waals surface area contributed by atoms with Crippen LogP contribution in [-0.4, -0.2) is 47.9 Å². The normalized spacial score (nSPS) is 34.0. The van der Waals surface area contributed by atoms with Crippen LogP contribution in [-0.2, 0) is 4.74 Å². The van der Waals surface area contributed by atoms with E-state index in [1.807, 2.05) is 0 Å². The van der Waals surface area contributed by atoms with Crippen molar-refractivity contribution in [1.29, 1.82) is 0 Å². The molecule has 0 radical (unpaired) electrons. The Morgan fingerprint density at radius 1 is 1.42 bits per heavy atom. The topological polar surface area (TPSA) is 69.9 Å². The molecular formula is C8H16O4. The predicted molar refractivity (Wildman–Crippen MR) is 42.6 cm³/mol. The van der Waals surface area contributed by atoms with Gasteiger partial charge < -0.3 is 20.1 Å². The van der Waals surface area contributed by atoms with Crippen molar-refractivity contribution in [2.45, 2.75) is 25.0 Å². The molecule has 0 saturated heterocycles. The van der Waals surface area contributed by atoms with E-state index in [1.165, 1.54) is 0 Å². The number of aliphatic hydroxyl groups excluding tert-OH is 3. The summed E-state index contributed by atoms with van der Waals surface area (Å²) in [6.07, 6.45) is 0.326. The Morgan fingerprint density at radius 2 is 2.00 bits per heavy atom. The first-order valence-electron chi connectivity index (χ1n) is 4.11. The molecule has 4 heteroatoms. The van der Waals surface area contributed by atoms with Gasteiger partial charge in [0, 0.05) is 18.9 Å². The second-order valence-corrected chi connectivity index (χ2v) is 3.49. The lowest BCUT2D eigenvalue weighted by Gasteiger charge is -2.27. The molecule has 1 fully saturated rings. The lowest BCUT2D eigenvalue weighted by atomic mass is 9.86. The van der Waals surface area contributed by atoms with Crippen LogP contribution >= 0.6 is 0 Å². The van der Waals surface area contributed by atoms with E-state index >= 15 is 0 Å². The smallest absolute Gasteiger partial charge is 0.0666 e. The molecule has 3 N–H and O–H groups in total. The highest BCUT2D eigenvalue weighted by Crippen LogP contribution is 2.38. The molecule has 0 aromatic carbocycles. The maximum absolute atomic E-state index is 9.54. The Kier molecular flexibility index (Phi) is 3.06. The van der Waals surface area contributed by atoms with Crippen LogP contribution in [0.25, 0.3) is 0 Å². The number of ether oxygens (including phenoxy) is 1. The van der Waals surface area contributed by atoms with E-state index in [2.05, 4.69) is 0 Å². The Balaban J connectivity index is 2.65. The zero-order valence-corrected chi connectivity index (χ0v) is 7.23. The summed E-state index contributed by atoms with van der Waals surface area (Å²) >= 11 is 0. The Hall–Kier alpha value is -0.160. The van der Waals surface area contributed by atoms with E-state index in [0.29, 0.717) is 12.8 Å². The van der Waals surface area contributed by atoms with E-state index in [9.17, 15) is 5.11 Å². The summed E-state index contributed by atoms with van der Waals surface area (Å²) in [4.78, 5) is 0. The second-order valence-electron chi connectivity index (χ2n) is 3.49. The van der Waals surface area contributed by atoms with Crippen molar-refractivity contribution >= 4 is 0 Å². The van der Waals surface area contributed by atoms with Gasteiger partial charge in [-0.1, -0.05) is 0 Å². The van der Waals surface area contributed by atoms with Gasteiger partial charge in [-0.25, -0.2) is 0 Å². The third-order valence-corrected chi connectivity index (χ3v) is 2.79. The van der Waals surface area contributed by atoms with Crippen molar-refractivity contribution in [3.05, 3.63) is 0 Å². The molecule has 2 atom stereocenters. The standard InChI is InChI=1S/C8H16O4/c1-12-6-2-7(11)8(3-6,4-9)5-10/h6-7,9-11H,2-5H2,1H3. The largest absolute Gasteiger partial charge is 0.396 e. The fourth-order valence-electron chi connectivity index (χ4n) is 1.74. The average molecular weight is 176 g/mol. The SMILES string of the molecule is COC1CC(O)C(CO)(CO)C1. The molecule has 0 aliphatic heterocycles. The maximum Gasteiger partial charge on any atom is 0.0666 e. The summed E-state index contributed by atoms with van der Waals surface area (Å²) in [7, 11) is 1.57. The average Bonchev–Trinajstić information content (AvgIpc) is 2.43. The fraction of sp³-hybridized carbons (Fsp3) is 1.00. The van der Waals surface area contributed by atoms with Crippen molar-refractivity contribution in [3.63, 3.8) is 0 Å². The summed E-state index contributed by atoms with van der Waals surface area (Å²) in [6, 6.07) is 0. The van der Waals surface area contributed by atoms with Crippen LogP contribution in [0.1, 0.15) is 12.8 Å². The van der Waals surface area contributed by atoms with Crippen molar-refractivity contribution in [1.82, 2.24) is 0 Å². The molecule has 1 saturated carbocycles. The Bertz CT molecular complexity index is 144. The molecule has 0 amide bonds. The van der Waals surface area contributed by atoms with E-state index in [-0.39, 0.29) is 19.3 Å². The summed E-state index contributed by atoms with van der Waals surface area (Å²) in [5.74, 6) is 0. The molecule has 0 aromatic rings. The molecule has 4 nitrogen and oxygen atoms in total. The first-order chi connectivity index (χ1) is 5.68. The van der Waals surface area contributed by atoms with Gasteiger partial charge in [-0.15, -0.1) is 0 Å². The molecule has 0 bridgehead atoms. The van der Waals surface area contributed by atoms with Crippen LogP contribution in [0.3, 0.4) is 0 Å². The third kappa shape index (κ3) is 1.47. The summed E-state index contributed by atoms with van der Waals surface area (Å²) in [5, 5.41) is 27.6. The van der Waals surface area contributed by atoms with Crippen molar-refractivity contribution < 1.29 is 20.1 Å². The summed E-state index contributed by atoms with van der Waals surface area (Å²) < 4.78 is 5.06. The monoisotopic (exact) mass is 176 g/mol. The number of hydrogen-bond acceptors (Lipinski definition) is 4. The van der Waals surface area contributed by atoms with Gasteiger partial charge in [-0.2, -0.15) is 0 Å². The van der Waals surface area contributed by atoms with Gasteiger partial charge in [0.15, 0.2) is 0 Å². The first kappa shape index (κ1) is 9.92. The van der Waals surface area contributed by atoms with E-state index in [0.717, 1.165) is 0 Å². The molecular weight excluding hydrogens is 160 g/mol. The Morgan fingerprint density at radius 3 is 2.25 bits per heavy atom. The number of hydrogen-bond donors (Lipinski definition) is 3. The molecule has 0 aromatic heterocycles. The van der Waals surface area contributed by atoms with Gasteiger partial charge in [0.25, 0.3) is 0 Å². The van der Waals surface area contributed by atoms with Gasteiger partial charge in [-0.3, -0.25) is 0 Å². The van der Waals surface area contributed by atoms with Gasteiger partial charge >= 0.3 is 0 Å². The van der Waals surface area contributed by atoms with Crippen LogP contribution < -0.4 is 0 Å². The van der Waals surface area contributed by atoms with E-state index < -0.39 is 11.5 Å². The number of rotatable bonds is 3. The maximum atomic E-state index is 9.54.